The Morgan fingerprint density at radius 2 is 2.20 bits per heavy atom. The van der Waals surface area contributed by atoms with Crippen molar-refractivity contribution in [3.05, 3.63) is 29.3 Å². The average molecular weight is 213 g/mol. The van der Waals surface area contributed by atoms with E-state index in [1.807, 2.05) is 0 Å². The molecule has 0 saturated carbocycles. The molecule has 0 fully saturated rings. The summed E-state index contributed by atoms with van der Waals surface area (Å²) in [6, 6.07) is 4.86. The zero-order valence-electron chi connectivity index (χ0n) is 8.90. The second kappa shape index (κ2) is 5.09. The van der Waals surface area contributed by atoms with Crippen LogP contribution in [0, 0.1) is 0 Å². The molecule has 3 nitrogen and oxygen atoms in total. The van der Waals surface area contributed by atoms with Crippen LogP contribution in [0.1, 0.15) is 30.3 Å². The van der Waals surface area contributed by atoms with Gasteiger partial charge < -0.3 is 15.6 Å². The van der Waals surface area contributed by atoms with Gasteiger partial charge in [0.1, 0.15) is 11.9 Å². The molecule has 0 aliphatic heterocycles. The zero-order chi connectivity index (χ0) is 11.4. The molecular weight excluding hydrogens is 197 g/mol. The van der Waals surface area contributed by atoms with E-state index in [0.717, 1.165) is 0 Å². The minimum atomic E-state index is -1.07. The molecule has 0 saturated heterocycles. The van der Waals surface area contributed by atoms with E-state index in [9.17, 15) is 9.50 Å². The van der Waals surface area contributed by atoms with Gasteiger partial charge in [-0.25, -0.2) is 4.39 Å². The zero-order valence-corrected chi connectivity index (χ0v) is 8.90. The number of nitrogens with two attached hydrogens (primary N) is 1. The van der Waals surface area contributed by atoms with Crippen LogP contribution in [-0.4, -0.2) is 18.8 Å². The first-order chi connectivity index (χ1) is 7.10. The first-order valence-corrected chi connectivity index (χ1v) is 4.80. The number of hydrogen-bond donors (Lipinski definition) is 2. The number of ether oxygens (including phenoxy) is 1. The number of methoxy groups -OCH3 is 1. The molecule has 2 atom stereocenters. The number of rotatable bonds is 4. The summed E-state index contributed by atoms with van der Waals surface area (Å²) in [5.41, 5.74) is 6.40. The first kappa shape index (κ1) is 11.9. The molecule has 0 aromatic heterocycles. The van der Waals surface area contributed by atoms with Crippen molar-refractivity contribution in [2.45, 2.75) is 19.2 Å². The summed E-state index contributed by atoms with van der Waals surface area (Å²) < 4.78 is 18.1. The van der Waals surface area contributed by atoms with E-state index in [-0.39, 0.29) is 6.54 Å². The Bertz CT molecular complexity index is 328. The molecule has 3 N–H and O–H groups in total. The van der Waals surface area contributed by atoms with E-state index in [4.69, 9.17) is 10.5 Å². The van der Waals surface area contributed by atoms with Crippen LogP contribution in [0.4, 0.5) is 4.39 Å². The van der Waals surface area contributed by atoms with Crippen LogP contribution in [0.3, 0.4) is 0 Å². The number of aliphatic hydroxyl groups excluding tert-OH is 1. The van der Waals surface area contributed by atoms with Gasteiger partial charge in [0.2, 0.25) is 0 Å². The van der Waals surface area contributed by atoms with Gasteiger partial charge in [-0.1, -0.05) is 6.07 Å². The number of benzene rings is 1. The summed E-state index contributed by atoms with van der Waals surface area (Å²) in [5, 5.41) is 9.62. The van der Waals surface area contributed by atoms with Crippen molar-refractivity contribution in [2.75, 3.05) is 13.7 Å². The molecule has 0 amide bonds. The molecule has 0 spiro atoms. The normalized spacial score (nSPS) is 14.7. The Balaban J connectivity index is 3.13. The van der Waals surface area contributed by atoms with Crippen molar-refractivity contribution in [1.82, 2.24) is 0 Å². The third-order valence-corrected chi connectivity index (χ3v) is 2.30. The third-order valence-electron chi connectivity index (χ3n) is 2.30. The van der Waals surface area contributed by atoms with E-state index in [0.29, 0.717) is 16.9 Å². The van der Waals surface area contributed by atoms with Gasteiger partial charge in [-0.05, 0) is 24.6 Å². The second-order valence-electron chi connectivity index (χ2n) is 3.37. The molecule has 84 valence electrons. The summed E-state index contributed by atoms with van der Waals surface area (Å²) >= 11 is 0. The van der Waals surface area contributed by atoms with Gasteiger partial charge in [-0.15, -0.1) is 0 Å². The summed E-state index contributed by atoms with van der Waals surface area (Å²) in [6.45, 7) is 1.53. The maximum atomic E-state index is 13.1. The smallest absolute Gasteiger partial charge is 0.124 e. The Hall–Kier alpha value is -1.13. The number of alkyl halides is 1. The number of aliphatic hydroxyl groups is 1. The minimum absolute atomic E-state index is 0.0838. The quantitative estimate of drug-likeness (QED) is 0.800. The van der Waals surface area contributed by atoms with Gasteiger partial charge >= 0.3 is 0 Å². The van der Waals surface area contributed by atoms with Crippen LogP contribution in [0.2, 0.25) is 0 Å². The lowest BCUT2D eigenvalue weighted by Gasteiger charge is -2.15. The van der Waals surface area contributed by atoms with E-state index >= 15 is 0 Å². The van der Waals surface area contributed by atoms with Crippen LogP contribution in [-0.2, 0) is 0 Å². The van der Waals surface area contributed by atoms with Gasteiger partial charge in [0.15, 0.2) is 0 Å². The lowest BCUT2D eigenvalue weighted by Crippen LogP contribution is -2.13. The van der Waals surface area contributed by atoms with Crippen molar-refractivity contribution in [1.29, 1.82) is 0 Å². The van der Waals surface area contributed by atoms with Crippen molar-refractivity contribution < 1.29 is 14.2 Å². The molecule has 2 unspecified atom stereocenters. The monoisotopic (exact) mass is 213 g/mol. The van der Waals surface area contributed by atoms with Crippen molar-refractivity contribution in [2.24, 2.45) is 5.73 Å². The van der Waals surface area contributed by atoms with Crippen LogP contribution < -0.4 is 10.5 Å². The fourth-order valence-corrected chi connectivity index (χ4v) is 1.39. The van der Waals surface area contributed by atoms with Crippen LogP contribution in [0.15, 0.2) is 18.2 Å². The van der Waals surface area contributed by atoms with E-state index in [1.54, 1.807) is 18.2 Å². The fraction of sp³-hybridized carbons (Fsp3) is 0.455. The first-order valence-electron chi connectivity index (χ1n) is 4.80. The van der Waals surface area contributed by atoms with Gasteiger partial charge in [-0.2, -0.15) is 0 Å². The number of hydrogen-bond acceptors (Lipinski definition) is 3. The molecule has 0 bridgehead atoms. The van der Waals surface area contributed by atoms with Crippen LogP contribution in [0.5, 0.6) is 5.75 Å². The molecule has 0 radical (unpaired) electrons. The predicted molar refractivity (Wildman–Crippen MR) is 56.5 cm³/mol. The molecule has 1 aromatic rings. The van der Waals surface area contributed by atoms with E-state index < -0.39 is 12.3 Å². The molecule has 0 aliphatic rings. The summed E-state index contributed by atoms with van der Waals surface area (Å²) in [4.78, 5) is 0. The molecule has 4 heteroatoms. The van der Waals surface area contributed by atoms with Gasteiger partial charge in [0, 0.05) is 12.1 Å². The lowest BCUT2D eigenvalue weighted by molar-refractivity contribution is 0.182. The largest absolute Gasteiger partial charge is 0.496 e. The Labute approximate surface area is 88.7 Å². The lowest BCUT2D eigenvalue weighted by atomic mass is 10.0. The molecule has 1 rings (SSSR count). The maximum absolute atomic E-state index is 13.1. The molecule has 15 heavy (non-hydrogen) atoms. The van der Waals surface area contributed by atoms with Gasteiger partial charge in [-0.3, -0.25) is 0 Å². The third kappa shape index (κ3) is 2.67. The molecule has 0 aliphatic carbocycles. The predicted octanol–water partition coefficient (Wildman–Crippen LogP) is 1.72. The average Bonchev–Trinajstić information content (AvgIpc) is 2.27. The van der Waals surface area contributed by atoms with Gasteiger partial charge in [0.25, 0.3) is 0 Å². The summed E-state index contributed by atoms with van der Waals surface area (Å²) in [7, 11) is 1.50. The maximum Gasteiger partial charge on any atom is 0.124 e. The van der Waals surface area contributed by atoms with Crippen LogP contribution in [0.25, 0.3) is 0 Å². The van der Waals surface area contributed by atoms with Crippen molar-refractivity contribution in [3.8, 4) is 5.75 Å². The highest BCUT2D eigenvalue weighted by Gasteiger charge is 2.14. The van der Waals surface area contributed by atoms with E-state index in [2.05, 4.69) is 0 Å². The minimum Gasteiger partial charge on any atom is -0.496 e. The molecule has 1 aromatic carbocycles. The van der Waals surface area contributed by atoms with Crippen molar-refractivity contribution >= 4 is 0 Å². The molecule has 0 heterocycles. The second-order valence-corrected chi connectivity index (χ2v) is 3.37. The summed E-state index contributed by atoms with van der Waals surface area (Å²) in [6.07, 6.45) is -1.89. The SMILES string of the molecule is COc1ccc(C(C)F)cc1C(O)CN. The fourth-order valence-electron chi connectivity index (χ4n) is 1.39. The van der Waals surface area contributed by atoms with Gasteiger partial charge in [0.05, 0.1) is 13.2 Å². The standard InChI is InChI=1S/C11H16FNO2/c1-7(12)8-3-4-11(15-2)9(5-8)10(14)6-13/h3-5,7,10,14H,6,13H2,1-2H3. The number of halogens is 1. The molecular formula is C11H16FNO2. The van der Waals surface area contributed by atoms with Crippen LogP contribution >= 0.6 is 0 Å². The summed E-state index contributed by atoms with van der Waals surface area (Å²) in [5.74, 6) is 0.525. The Morgan fingerprint density at radius 1 is 1.53 bits per heavy atom. The Kier molecular flexibility index (Phi) is 4.05. The topological polar surface area (TPSA) is 55.5 Å². The highest BCUT2D eigenvalue weighted by Crippen LogP contribution is 2.29. The highest BCUT2D eigenvalue weighted by molar-refractivity contribution is 5.39. The Morgan fingerprint density at radius 3 is 2.67 bits per heavy atom. The van der Waals surface area contributed by atoms with Crippen molar-refractivity contribution in [3.63, 3.8) is 0 Å². The van der Waals surface area contributed by atoms with E-state index in [1.165, 1.54) is 14.0 Å². The highest BCUT2D eigenvalue weighted by atomic mass is 19.1.